The number of halogens is 1. The molecule has 2 saturated carbocycles. The number of amides is 2. The second kappa shape index (κ2) is 6.47. The van der Waals surface area contributed by atoms with E-state index in [0.29, 0.717) is 30.1 Å². The van der Waals surface area contributed by atoms with Crippen molar-refractivity contribution in [2.24, 2.45) is 23.7 Å². The molecule has 0 bridgehead atoms. The molecular weight excluding hydrogens is 370 g/mol. The van der Waals surface area contributed by atoms with Crippen molar-refractivity contribution < 1.29 is 9.59 Å². The van der Waals surface area contributed by atoms with Crippen LogP contribution >= 0.6 is 15.9 Å². The Balaban J connectivity index is 1.35. The number of pyridine rings is 1. The molecule has 1 N–H and O–H groups in total. The third-order valence-corrected chi connectivity index (χ3v) is 6.24. The van der Waals surface area contributed by atoms with Crippen molar-refractivity contribution >= 4 is 33.6 Å². The normalized spacial score (nSPS) is 31.5. The van der Waals surface area contributed by atoms with Gasteiger partial charge in [-0.15, -0.1) is 0 Å². The summed E-state index contributed by atoms with van der Waals surface area (Å²) < 4.78 is 0.880. The lowest BCUT2D eigenvalue weighted by Crippen LogP contribution is -2.44. The van der Waals surface area contributed by atoms with E-state index < -0.39 is 0 Å². The number of anilines is 1. The van der Waals surface area contributed by atoms with E-state index in [-0.39, 0.29) is 17.7 Å². The number of carbonyl (C=O) groups excluding carboxylic acids is 2. The molecule has 3 aliphatic rings. The van der Waals surface area contributed by atoms with Gasteiger partial charge < -0.3 is 10.2 Å². The summed E-state index contributed by atoms with van der Waals surface area (Å²) in [4.78, 5) is 31.3. The van der Waals surface area contributed by atoms with Crippen LogP contribution in [-0.4, -0.2) is 34.8 Å². The fraction of sp³-hybridized carbons (Fsp3) is 0.611. The highest BCUT2D eigenvalue weighted by atomic mass is 79.9. The van der Waals surface area contributed by atoms with Gasteiger partial charge >= 0.3 is 0 Å². The number of hydrogen-bond acceptors (Lipinski definition) is 3. The van der Waals surface area contributed by atoms with Crippen LogP contribution in [-0.2, 0) is 9.59 Å². The molecule has 1 aliphatic heterocycles. The van der Waals surface area contributed by atoms with Crippen molar-refractivity contribution in [3.63, 3.8) is 0 Å². The SMILES string of the molecule is O=C(Nc1ccc(Br)cn1)[C@H]1CCCN(C(=O)C2[C@H]3CCC[C@@H]23)C1. The maximum absolute atomic E-state index is 12.7. The Labute approximate surface area is 150 Å². The standard InChI is InChI=1S/C18H22BrN3O2/c19-12-6-7-15(20-9-12)21-17(23)11-3-2-8-22(10-11)18(24)16-13-4-1-5-14(13)16/h6-7,9,11,13-14,16H,1-5,8,10H2,(H,20,21,23)/t11-,13-,14+,16?/m0/s1. The topological polar surface area (TPSA) is 62.3 Å². The lowest BCUT2D eigenvalue weighted by molar-refractivity contribution is -0.136. The van der Waals surface area contributed by atoms with Crippen LogP contribution in [0.3, 0.4) is 0 Å². The zero-order chi connectivity index (χ0) is 16.7. The van der Waals surface area contributed by atoms with E-state index in [1.165, 1.54) is 19.3 Å². The highest BCUT2D eigenvalue weighted by Gasteiger charge is 2.57. The minimum Gasteiger partial charge on any atom is -0.342 e. The maximum atomic E-state index is 12.7. The van der Waals surface area contributed by atoms with Gasteiger partial charge in [0.2, 0.25) is 11.8 Å². The van der Waals surface area contributed by atoms with Crippen LogP contribution in [0.15, 0.2) is 22.8 Å². The predicted octanol–water partition coefficient (Wildman–Crippen LogP) is 3.07. The van der Waals surface area contributed by atoms with Gasteiger partial charge in [-0.05, 0) is 65.6 Å². The van der Waals surface area contributed by atoms with Gasteiger partial charge in [-0.3, -0.25) is 9.59 Å². The van der Waals surface area contributed by atoms with Crippen molar-refractivity contribution in [1.82, 2.24) is 9.88 Å². The Hall–Kier alpha value is -1.43. The highest BCUT2D eigenvalue weighted by Crippen LogP contribution is 2.58. The first-order valence-corrected chi connectivity index (χ1v) is 9.64. The molecule has 1 aromatic rings. The van der Waals surface area contributed by atoms with Gasteiger partial charge in [0.1, 0.15) is 5.82 Å². The van der Waals surface area contributed by atoms with Gasteiger partial charge in [-0.2, -0.15) is 0 Å². The molecular formula is C18H22BrN3O2. The molecule has 2 heterocycles. The molecule has 4 atom stereocenters. The molecule has 2 amide bonds. The van der Waals surface area contributed by atoms with E-state index in [1.807, 2.05) is 11.0 Å². The van der Waals surface area contributed by atoms with E-state index in [9.17, 15) is 9.59 Å². The van der Waals surface area contributed by atoms with Gasteiger partial charge in [-0.25, -0.2) is 4.98 Å². The molecule has 4 rings (SSSR count). The van der Waals surface area contributed by atoms with E-state index in [4.69, 9.17) is 0 Å². The summed E-state index contributed by atoms with van der Waals surface area (Å²) in [6, 6.07) is 3.63. The zero-order valence-corrected chi connectivity index (χ0v) is 15.2. The summed E-state index contributed by atoms with van der Waals surface area (Å²) in [5.41, 5.74) is 0. The number of likely N-dealkylation sites (tertiary alicyclic amines) is 1. The lowest BCUT2D eigenvalue weighted by Gasteiger charge is -2.32. The third-order valence-electron chi connectivity index (χ3n) is 5.77. The quantitative estimate of drug-likeness (QED) is 0.860. The molecule has 0 radical (unpaired) electrons. The van der Waals surface area contributed by atoms with Crippen LogP contribution in [0.1, 0.15) is 32.1 Å². The number of rotatable bonds is 3. The van der Waals surface area contributed by atoms with Crippen LogP contribution in [0.2, 0.25) is 0 Å². The summed E-state index contributed by atoms with van der Waals surface area (Å²) in [6.07, 6.45) is 7.12. The molecule has 0 spiro atoms. The number of piperidine rings is 1. The fourth-order valence-electron chi connectivity index (χ4n) is 4.47. The van der Waals surface area contributed by atoms with Crippen molar-refractivity contribution in [3.05, 3.63) is 22.8 Å². The first-order chi connectivity index (χ1) is 11.6. The summed E-state index contributed by atoms with van der Waals surface area (Å²) in [5, 5.41) is 2.87. The van der Waals surface area contributed by atoms with Crippen molar-refractivity contribution in [2.45, 2.75) is 32.1 Å². The Kier molecular flexibility index (Phi) is 4.33. The summed E-state index contributed by atoms with van der Waals surface area (Å²) in [5.74, 6) is 2.23. The fourth-order valence-corrected chi connectivity index (χ4v) is 4.70. The van der Waals surface area contributed by atoms with Gasteiger partial charge in [0, 0.05) is 29.7 Å². The van der Waals surface area contributed by atoms with Crippen LogP contribution in [0.4, 0.5) is 5.82 Å². The molecule has 0 aromatic carbocycles. The van der Waals surface area contributed by atoms with Gasteiger partial charge in [0.05, 0.1) is 5.92 Å². The van der Waals surface area contributed by atoms with Crippen molar-refractivity contribution in [1.29, 1.82) is 0 Å². The molecule has 3 fully saturated rings. The minimum atomic E-state index is -0.133. The molecule has 1 saturated heterocycles. The molecule has 6 heteroatoms. The predicted molar refractivity (Wildman–Crippen MR) is 94.2 cm³/mol. The van der Waals surface area contributed by atoms with Crippen molar-refractivity contribution in [3.8, 4) is 0 Å². The van der Waals surface area contributed by atoms with E-state index in [2.05, 4.69) is 26.2 Å². The summed E-state index contributed by atoms with van der Waals surface area (Å²) in [7, 11) is 0. The van der Waals surface area contributed by atoms with Gasteiger partial charge in [0.15, 0.2) is 0 Å². The Morgan fingerprint density at radius 2 is 1.96 bits per heavy atom. The second-order valence-corrected chi connectivity index (χ2v) is 8.17. The first kappa shape index (κ1) is 16.1. The Morgan fingerprint density at radius 1 is 1.17 bits per heavy atom. The smallest absolute Gasteiger partial charge is 0.230 e. The van der Waals surface area contributed by atoms with Crippen LogP contribution in [0.25, 0.3) is 0 Å². The molecule has 1 unspecified atom stereocenters. The lowest BCUT2D eigenvalue weighted by atomic mass is 9.96. The van der Waals surface area contributed by atoms with Crippen LogP contribution in [0.5, 0.6) is 0 Å². The third kappa shape index (κ3) is 3.08. The number of nitrogens with zero attached hydrogens (tertiary/aromatic N) is 2. The maximum Gasteiger partial charge on any atom is 0.230 e. The average Bonchev–Trinajstić information content (AvgIpc) is 3.07. The highest BCUT2D eigenvalue weighted by molar-refractivity contribution is 9.10. The molecule has 1 aromatic heterocycles. The number of fused-ring (bicyclic) bond motifs is 1. The molecule has 2 aliphatic carbocycles. The average molecular weight is 392 g/mol. The minimum absolute atomic E-state index is 0.0293. The van der Waals surface area contributed by atoms with Crippen molar-refractivity contribution in [2.75, 3.05) is 18.4 Å². The zero-order valence-electron chi connectivity index (χ0n) is 13.6. The largest absolute Gasteiger partial charge is 0.342 e. The Morgan fingerprint density at radius 3 is 2.67 bits per heavy atom. The number of carbonyl (C=O) groups is 2. The summed E-state index contributed by atoms with van der Waals surface area (Å²) in [6.45, 7) is 1.35. The second-order valence-electron chi connectivity index (χ2n) is 7.26. The van der Waals surface area contributed by atoms with Crippen LogP contribution in [0, 0.1) is 23.7 Å². The van der Waals surface area contributed by atoms with E-state index in [1.54, 1.807) is 12.3 Å². The Bertz CT molecular complexity index is 638. The molecule has 128 valence electrons. The number of hydrogen-bond donors (Lipinski definition) is 1. The summed E-state index contributed by atoms with van der Waals surface area (Å²) >= 11 is 3.33. The number of nitrogens with one attached hydrogen (secondary N) is 1. The van der Waals surface area contributed by atoms with E-state index >= 15 is 0 Å². The van der Waals surface area contributed by atoms with Crippen LogP contribution < -0.4 is 5.32 Å². The van der Waals surface area contributed by atoms with E-state index in [0.717, 1.165) is 23.9 Å². The number of aromatic nitrogens is 1. The first-order valence-electron chi connectivity index (χ1n) is 8.84. The molecule has 24 heavy (non-hydrogen) atoms. The molecule has 5 nitrogen and oxygen atoms in total. The monoisotopic (exact) mass is 391 g/mol. The van der Waals surface area contributed by atoms with Gasteiger partial charge in [0.25, 0.3) is 0 Å². The van der Waals surface area contributed by atoms with Gasteiger partial charge in [-0.1, -0.05) is 6.42 Å².